The van der Waals surface area contributed by atoms with Crippen molar-refractivity contribution >= 4 is 0 Å². The van der Waals surface area contributed by atoms with Gasteiger partial charge in [-0.15, -0.1) is 0 Å². The van der Waals surface area contributed by atoms with Gasteiger partial charge in [-0.25, -0.2) is 4.98 Å². The number of aliphatic hydroxyl groups excluding tert-OH is 1. The number of fused-ring (bicyclic) bond motifs is 1. The first-order valence-electron chi connectivity index (χ1n) is 5.40. The van der Waals surface area contributed by atoms with Gasteiger partial charge in [-0.2, -0.15) is 0 Å². The highest BCUT2D eigenvalue weighted by molar-refractivity contribution is 5.19. The van der Waals surface area contributed by atoms with Crippen LogP contribution in [0.1, 0.15) is 50.0 Å². The van der Waals surface area contributed by atoms with Crippen molar-refractivity contribution in [3.63, 3.8) is 0 Å². The van der Waals surface area contributed by atoms with Gasteiger partial charge < -0.3 is 9.67 Å². The molecule has 0 spiro atoms. The highest BCUT2D eigenvalue weighted by atomic mass is 16.3. The molecule has 0 saturated heterocycles. The number of rotatable bonds is 2. The Morgan fingerprint density at radius 2 is 2.43 bits per heavy atom. The molecule has 3 nitrogen and oxygen atoms in total. The summed E-state index contributed by atoms with van der Waals surface area (Å²) in [5, 5.41) is 9.24. The van der Waals surface area contributed by atoms with E-state index in [9.17, 15) is 5.11 Å². The maximum atomic E-state index is 9.24. The van der Waals surface area contributed by atoms with Crippen LogP contribution in [-0.4, -0.2) is 21.3 Å². The van der Waals surface area contributed by atoms with E-state index in [0.717, 1.165) is 12.8 Å². The van der Waals surface area contributed by atoms with Crippen molar-refractivity contribution in [1.82, 2.24) is 9.55 Å². The van der Waals surface area contributed by atoms with Crippen molar-refractivity contribution in [3.05, 3.63) is 17.7 Å². The molecule has 0 aromatic carbocycles. The van der Waals surface area contributed by atoms with Gasteiger partial charge in [-0.1, -0.05) is 13.8 Å². The summed E-state index contributed by atoms with van der Waals surface area (Å²) >= 11 is 0. The highest BCUT2D eigenvalue weighted by Gasteiger charge is 2.22. The Hall–Kier alpha value is -0.830. The van der Waals surface area contributed by atoms with Crippen LogP contribution in [0.15, 0.2) is 6.33 Å². The molecule has 1 aliphatic rings. The number of aliphatic hydroxyl groups is 1. The third kappa shape index (κ3) is 1.46. The smallest absolute Gasteiger partial charge is 0.0955 e. The molecule has 14 heavy (non-hydrogen) atoms. The fraction of sp³-hybridized carbons (Fsp3) is 0.727. The van der Waals surface area contributed by atoms with Crippen LogP contribution in [0, 0.1) is 0 Å². The number of aromatic nitrogens is 2. The van der Waals surface area contributed by atoms with Crippen molar-refractivity contribution in [1.29, 1.82) is 0 Å². The van der Waals surface area contributed by atoms with Crippen molar-refractivity contribution in [2.24, 2.45) is 0 Å². The lowest BCUT2D eigenvalue weighted by Crippen LogP contribution is -2.20. The van der Waals surface area contributed by atoms with Gasteiger partial charge in [0, 0.05) is 5.69 Å². The van der Waals surface area contributed by atoms with Crippen LogP contribution in [0.2, 0.25) is 0 Å². The van der Waals surface area contributed by atoms with Gasteiger partial charge in [-0.3, -0.25) is 0 Å². The minimum Gasteiger partial charge on any atom is -0.394 e. The Balaban J connectivity index is 2.37. The molecule has 1 aliphatic heterocycles. The zero-order chi connectivity index (χ0) is 10.1. The van der Waals surface area contributed by atoms with E-state index in [4.69, 9.17) is 0 Å². The summed E-state index contributed by atoms with van der Waals surface area (Å²) in [6, 6.07) is 0.263. The SMILES string of the molecule is CC(C)c1ncn2c1CCCC2CO. The summed E-state index contributed by atoms with van der Waals surface area (Å²) in [5.41, 5.74) is 2.55. The molecule has 0 amide bonds. The Bertz CT molecular complexity index is 317. The summed E-state index contributed by atoms with van der Waals surface area (Å²) in [6.45, 7) is 4.58. The van der Waals surface area contributed by atoms with Crippen molar-refractivity contribution < 1.29 is 5.11 Å². The molecule has 0 radical (unpaired) electrons. The lowest BCUT2D eigenvalue weighted by molar-refractivity contribution is 0.207. The average Bonchev–Trinajstić information content (AvgIpc) is 2.60. The standard InChI is InChI=1S/C11H18N2O/c1-8(2)11-10-5-3-4-9(6-14)13(10)7-12-11/h7-9,14H,3-6H2,1-2H3. The number of imidazole rings is 1. The van der Waals surface area contributed by atoms with Gasteiger partial charge in [0.2, 0.25) is 0 Å². The zero-order valence-corrected chi connectivity index (χ0v) is 8.90. The second kappa shape index (κ2) is 3.73. The second-order valence-electron chi connectivity index (χ2n) is 4.37. The molecule has 0 aliphatic carbocycles. The van der Waals surface area contributed by atoms with Crippen LogP contribution in [0.4, 0.5) is 0 Å². The maximum absolute atomic E-state index is 9.24. The molecule has 1 atom stereocenters. The third-order valence-electron chi connectivity index (χ3n) is 3.03. The molecule has 2 rings (SSSR count). The van der Waals surface area contributed by atoms with Crippen LogP contribution < -0.4 is 0 Å². The van der Waals surface area contributed by atoms with E-state index in [1.807, 2.05) is 6.33 Å². The molecule has 2 heterocycles. The quantitative estimate of drug-likeness (QED) is 0.780. The van der Waals surface area contributed by atoms with Gasteiger partial charge in [0.1, 0.15) is 0 Å². The average molecular weight is 194 g/mol. The fourth-order valence-corrected chi connectivity index (χ4v) is 2.28. The van der Waals surface area contributed by atoms with Crippen molar-refractivity contribution in [2.45, 2.75) is 45.1 Å². The van der Waals surface area contributed by atoms with Gasteiger partial charge in [0.25, 0.3) is 0 Å². The molecule has 78 valence electrons. The fourth-order valence-electron chi connectivity index (χ4n) is 2.28. The molecule has 1 aromatic rings. The van der Waals surface area contributed by atoms with E-state index in [2.05, 4.69) is 23.4 Å². The molecule has 0 saturated carbocycles. The predicted molar refractivity (Wildman–Crippen MR) is 55.4 cm³/mol. The predicted octanol–water partition coefficient (Wildman–Crippen LogP) is 1.88. The monoisotopic (exact) mass is 194 g/mol. The lowest BCUT2D eigenvalue weighted by atomic mass is 9.99. The highest BCUT2D eigenvalue weighted by Crippen LogP contribution is 2.29. The minimum absolute atomic E-state index is 0.237. The molecular formula is C11H18N2O. The van der Waals surface area contributed by atoms with Crippen LogP contribution in [0.5, 0.6) is 0 Å². The normalized spacial score (nSPS) is 21.3. The molecule has 1 N–H and O–H groups in total. The Morgan fingerprint density at radius 1 is 1.64 bits per heavy atom. The van der Waals surface area contributed by atoms with Crippen LogP contribution in [0.25, 0.3) is 0 Å². The first-order chi connectivity index (χ1) is 6.74. The van der Waals surface area contributed by atoms with Crippen molar-refractivity contribution in [2.75, 3.05) is 6.61 Å². The molecule has 3 heteroatoms. The third-order valence-corrected chi connectivity index (χ3v) is 3.03. The van der Waals surface area contributed by atoms with Gasteiger partial charge in [0.05, 0.1) is 24.7 Å². The van der Waals surface area contributed by atoms with Crippen LogP contribution >= 0.6 is 0 Å². The van der Waals surface area contributed by atoms with Crippen LogP contribution in [-0.2, 0) is 6.42 Å². The Morgan fingerprint density at radius 3 is 3.07 bits per heavy atom. The molecule has 0 fully saturated rings. The Kier molecular flexibility index (Phi) is 2.59. The number of hydrogen-bond acceptors (Lipinski definition) is 2. The molecular weight excluding hydrogens is 176 g/mol. The van der Waals surface area contributed by atoms with Gasteiger partial charge >= 0.3 is 0 Å². The van der Waals surface area contributed by atoms with Gasteiger partial charge in [0.15, 0.2) is 0 Å². The minimum atomic E-state index is 0.237. The number of nitrogens with zero attached hydrogens (tertiary/aromatic N) is 2. The molecule has 1 aromatic heterocycles. The van der Waals surface area contributed by atoms with E-state index >= 15 is 0 Å². The summed E-state index contributed by atoms with van der Waals surface area (Å²) < 4.78 is 2.17. The van der Waals surface area contributed by atoms with E-state index in [-0.39, 0.29) is 12.6 Å². The van der Waals surface area contributed by atoms with E-state index in [0.29, 0.717) is 5.92 Å². The van der Waals surface area contributed by atoms with E-state index in [1.54, 1.807) is 0 Å². The first-order valence-corrected chi connectivity index (χ1v) is 5.40. The largest absolute Gasteiger partial charge is 0.394 e. The topological polar surface area (TPSA) is 38.0 Å². The summed E-state index contributed by atoms with van der Waals surface area (Å²) in [5.74, 6) is 0.490. The van der Waals surface area contributed by atoms with E-state index in [1.165, 1.54) is 17.8 Å². The lowest BCUT2D eigenvalue weighted by Gasteiger charge is -2.24. The summed E-state index contributed by atoms with van der Waals surface area (Å²) in [6.07, 6.45) is 5.27. The molecule has 1 unspecified atom stereocenters. The summed E-state index contributed by atoms with van der Waals surface area (Å²) in [7, 11) is 0. The first kappa shape index (κ1) is 9.71. The second-order valence-corrected chi connectivity index (χ2v) is 4.37. The van der Waals surface area contributed by atoms with Crippen LogP contribution in [0.3, 0.4) is 0 Å². The summed E-state index contributed by atoms with van der Waals surface area (Å²) in [4.78, 5) is 4.45. The molecule has 0 bridgehead atoms. The van der Waals surface area contributed by atoms with Gasteiger partial charge in [-0.05, 0) is 25.2 Å². The Labute approximate surface area is 84.8 Å². The number of hydrogen-bond donors (Lipinski definition) is 1. The van der Waals surface area contributed by atoms with E-state index < -0.39 is 0 Å². The maximum Gasteiger partial charge on any atom is 0.0955 e. The zero-order valence-electron chi connectivity index (χ0n) is 8.90. The van der Waals surface area contributed by atoms with Crippen molar-refractivity contribution in [3.8, 4) is 0 Å².